The first-order valence-corrected chi connectivity index (χ1v) is 10.2. The van der Waals surface area contributed by atoms with Gasteiger partial charge < -0.3 is 15.8 Å². The van der Waals surface area contributed by atoms with Crippen molar-refractivity contribution >= 4 is 11.6 Å². The minimum Gasteiger partial charge on any atom is -0.380 e. The van der Waals surface area contributed by atoms with Crippen LogP contribution in [0.1, 0.15) is 42.4 Å². The van der Waals surface area contributed by atoms with Gasteiger partial charge in [0.2, 0.25) is 0 Å². The fraction of sp³-hybridized carbons (Fsp3) is 0.435. The molecule has 5 heteroatoms. The lowest BCUT2D eigenvalue weighted by atomic mass is 10.1. The number of hydrogen-bond donors (Lipinski definition) is 2. The maximum Gasteiger partial charge on any atom is 0.193 e. The number of nitrogens with one attached hydrogen (secondary N) is 1. The largest absolute Gasteiger partial charge is 0.380 e. The van der Waals surface area contributed by atoms with Gasteiger partial charge in [-0.1, -0.05) is 55.3 Å². The van der Waals surface area contributed by atoms with Gasteiger partial charge in [0.05, 0.1) is 13.2 Å². The summed E-state index contributed by atoms with van der Waals surface area (Å²) in [6.07, 6.45) is 5.40. The monoisotopic (exact) mass is 380 g/mol. The molecule has 0 saturated carbocycles. The van der Waals surface area contributed by atoms with Crippen LogP contribution < -0.4 is 11.1 Å². The van der Waals surface area contributed by atoms with E-state index in [9.17, 15) is 0 Å². The topological polar surface area (TPSA) is 62.9 Å². The predicted molar refractivity (Wildman–Crippen MR) is 116 cm³/mol. The van der Waals surface area contributed by atoms with Crippen LogP contribution in [-0.4, -0.2) is 31.1 Å². The van der Waals surface area contributed by atoms with Crippen molar-refractivity contribution in [2.75, 3.05) is 25.5 Å². The number of para-hydroxylation sites is 1. The molecule has 2 aromatic rings. The number of methoxy groups -OCH3 is 1. The molecule has 0 aliphatic carbocycles. The molecule has 0 spiro atoms. The first kappa shape index (κ1) is 20.4. The second kappa shape index (κ2) is 10.8. The van der Waals surface area contributed by atoms with Gasteiger partial charge in [-0.25, -0.2) is 4.99 Å². The average Bonchev–Trinajstić information content (AvgIpc) is 2.98. The summed E-state index contributed by atoms with van der Waals surface area (Å²) in [6.45, 7) is 4.59. The molecule has 0 amide bonds. The van der Waals surface area contributed by atoms with Crippen molar-refractivity contribution in [2.45, 2.75) is 45.4 Å². The van der Waals surface area contributed by atoms with Gasteiger partial charge >= 0.3 is 0 Å². The molecule has 3 N–H and O–H groups in total. The zero-order chi connectivity index (χ0) is 19.6. The van der Waals surface area contributed by atoms with Crippen LogP contribution >= 0.6 is 0 Å². The number of guanidine groups is 1. The van der Waals surface area contributed by atoms with E-state index in [1.165, 1.54) is 44.3 Å². The molecule has 0 aromatic heterocycles. The van der Waals surface area contributed by atoms with Gasteiger partial charge in [0.1, 0.15) is 0 Å². The Morgan fingerprint density at radius 2 is 1.68 bits per heavy atom. The Kier molecular flexibility index (Phi) is 7.88. The predicted octanol–water partition coefficient (Wildman–Crippen LogP) is 4.14. The van der Waals surface area contributed by atoms with Crippen molar-refractivity contribution in [3.8, 4) is 0 Å². The van der Waals surface area contributed by atoms with Gasteiger partial charge in [0.15, 0.2) is 5.96 Å². The highest BCUT2D eigenvalue weighted by Gasteiger charge is 2.09. The van der Waals surface area contributed by atoms with E-state index in [4.69, 9.17) is 10.5 Å². The second-order valence-corrected chi connectivity index (χ2v) is 7.42. The highest BCUT2D eigenvalue weighted by atomic mass is 16.5. The zero-order valence-corrected chi connectivity index (χ0v) is 16.9. The summed E-state index contributed by atoms with van der Waals surface area (Å²) in [5, 5.41) is 3.18. The summed E-state index contributed by atoms with van der Waals surface area (Å²) in [5.74, 6) is 0.414. The average molecular weight is 381 g/mol. The number of nitrogens with zero attached hydrogens (tertiary/aromatic N) is 2. The number of likely N-dealkylation sites (tertiary alicyclic amines) is 1. The summed E-state index contributed by atoms with van der Waals surface area (Å²) in [7, 11) is 1.69. The summed E-state index contributed by atoms with van der Waals surface area (Å²) in [5.41, 5.74) is 10.6. The van der Waals surface area contributed by atoms with Crippen molar-refractivity contribution in [3.63, 3.8) is 0 Å². The molecule has 0 radical (unpaired) electrons. The molecule has 5 nitrogen and oxygen atoms in total. The number of nitrogens with two attached hydrogens (primary N) is 1. The molecule has 1 aliphatic rings. The molecule has 1 saturated heterocycles. The first-order chi connectivity index (χ1) is 13.7. The summed E-state index contributed by atoms with van der Waals surface area (Å²) >= 11 is 0. The van der Waals surface area contributed by atoms with Crippen molar-refractivity contribution < 1.29 is 4.74 Å². The van der Waals surface area contributed by atoms with Crippen LogP contribution in [0.2, 0.25) is 0 Å². The van der Waals surface area contributed by atoms with Crippen molar-refractivity contribution in [1.29, 1.82) is 0 Å². The van der Waals surface area contributed by atoms with Crippen LogP contribution in [-0.2, 0) is 24.4 Å². The van der Waals surface area contributed by atoms with E-state index in [2.05, 4.69) is 39.5 Å². The van der Waals surface area contributed by atoms with Crippen LogP contribution in [0.15, 0.2) is 53.5 Å². The molecule has 0 unspecified atom stereocenters. The number of aliphatic imine (C=N–C) groups is 1. The molecule has 150 valence electrons. The van der Waals surface area contributed by atoms with E-state index >= 15 is 0 Å². The number of ether oxygens (including phenoxy) is 1. The van der Waals surface area contributed by atoms with Crippen LogP contribution in [0.4, 0.5) is 5.69 Å². The number of rotatable bonds is 7. The maximum atomic E-state index is 6.08. The van der Waals surface area contributed by atoms with Gasteiger partial charge in [-0.05, 0) is 43.1 Å². The lowest BCUT2D eigenvalue weighted by Gasteiger charge is -2.19. The fourth-order valence-corrected chi connectivity index (χ4v) is 3.58. The molecule has 0 bridgehead atoms. The molecule has 28 heavy (non-hydrogen) atoms. The Morgan fingerprint density at radius 3 is 2.39 bits per heavy atom. The zero-order valence-electron chi connectivity index (χ0n) is 16.9. The van der Waals surface area contributed by atoms with E-state index in [0.29, 0.717) is 19.1 Å². The minimum atomic E-state index is 0.414. The van der Waals surface area contributed by atoms with Gasteiger partial charge in [-0.2, -0.15) is 0 Å². The van der Waals surface area contributed by atoms with E-state index in [1.54, 1.807) is 7.11 Å². The Bertz CT molecular complexity index is 749. The number of hydrogen-bond acceptors (Lipinski definition) is 3. The second-order valence-electron chi connectivity index (χ2n) is 7.42. The van der Waals surface area contributed by atoms with Crippen molar-refractivity contribution in [1.82, 2.24) is 4.90 Å². The molecular weight excluding hydrogens is 348 g/mol. The van der Waals surface area contributed by atoms with E-state index in [-0.39, 0.29) is 0 Å². The van der Waals surface area contributed by atoms with Crippen LogP contribution in [0.3, 0.4) is 0 Å². The molecular formula is C23H32N4O. The summed E-state index contributed by atoms with van der Waals surface area (Å²) in [4.78, 5) is 7.05. The first-order valence-electron chi connectivity index (χ1n) is 10.2. The Morgan fingerprint density at radius 1 is 1.00 bits per heavy atom. The van der Waals surface area contributed by atoms with Crippen LogP contribution in [0.5, 0.6) is 0 Å². The number of benzene rings is 2. The van der Waals surface area contributed by atoms with Crippen molar-refractivity contribution in [3.05, 3.63) is 65.2 Å². The third-order valence-electron chi connectivity index (χ3n) is 5.14. The maximum absolute atomic E-state index is 6.08. The van der Waals surface area contributed by atoms with Gasteiger partial charge in [-0.3, -0.25) is 4.90 Å². The van der Waals surface area contributed by atoms with E-state index in [1.807, 2.05) is 24.3 Å². The van der Waals surface area contributed by atoms with E-state index < -0.39 is 0 Å². The van der Waals surface area contributed by atoms with Gasteiger partial charge in [-0.15, -0.1) is 0 Å². The molecule has 2 aromatic carbocycles. The van der Waals surface area contributed by atoms with Crippen LogP contribution in [0, 0.1) is 0 Å². The third kappa shape index (κ3) is 6.36. The number of anilines is 1. The molecule has 0 atom stereocenters. The van der Waals surface area contributed by atoms with Crippen LogP contribution in [0.25, 0.3) is 0 Å². The summed E-state index contributed by atoms with van der Waals surface area (Å²) in [6, 6.07) is 16.7. The smallest absolute Gasteiger partial charge is 0.193 e. The normalized spacial score (nSPS) is 16.0. The fourth-order valence-electron chi connectivity index (χ4n) is 3.58. The molecule has 1 fully saturated rings. The standard InChI is InChI=1S/C23H32N4O/c1-28-18-21-8-4-5-9-22(21)26-23(24)25-16-19-10-12-20(13-11-19)17-27-14-6-2-3-7-15-27/h4-5,8-13H,2-3,6-7,14-18H2,1H3,(H3,24,25,26). The lowest BCUT2D eigenvalue weighted by Crippen LogP contribution is -2.24. The highest BCUT2D eigenvalue weighted by Crippen LogP contribution is 2.16. The van der Waals surface area contributed by atoms with Crippen molar-refractivity contribution in [2.24, 2.45) is 10.7 Å². The van der Waals surface area contributed by atoms with Gasteiger partial charge in [0, 0.05) is 24.9 Å². The molecule has 1 aliphatic heterocycles. The Labute approximate surface area is 168 Å². The third-order valence-corrected chi connectivity index (χ3v) is 5.14. The summed E-state index contributed by atoms with van der Waals surface area (Å²) < 4.78 is 5.23. The molecule has 1 heterocycles. The Balaban J connectivity index is 1.53. The van der Waals surface area contributed by atoms with E-state index in [0.717, 1.165) is 23.4 Å². The molecule has 3 rings (SSSR count). The highest BCUT2D eigenvalue weighted by molar-refractivity contribution is 5.92. The quantitative estimate of drug-likeness (QED) is 0.560. The SMILES string of the molecule is COCc1ccccc1NC(N)=NCc1ccc(CN2CCCCCC2)cc1. The minimum absolute atomic E-state index is 0.414. The lowest BCUT2D eigenvalue weighted by molar-refractivity contribution is 0.185. The Hall–Kier alpha value is -2.37. The van der Waals surface area contributed by atoms with Gasteiger partial charge in [0.25, 0.3) is 0 Å².